The molecule has 4 nitrogen and oxygen atoms in total. The van der Waals surface area contributed by atoms with Gasteiger partial charge in [-0.25, -0.2) is 0 Å². The minimum absolute atomic E-state index is 0.532. The molecule has 1 aliphatic rings. The second-order valence-electron chi connectivity index (χ2n) is 5.06. The Bertz CT molecular complexity index is 598. The van der Waals surface area contributed by atoms with Crippen LogP contribution in [0.5, 0.6) is 11.6 Å². The van der Waals surface area contributed by atoms with Crippen LogP contribution < -0.4 is 10.1 Å². The third-order valence-corrected chi connectivity index (χ3v) is 3.46. The first-order chi connectivity index (χ1) is 9.85. The molecule has 1 N–H and O–H groups in total. The summed E-state index contributed by atoms with van der Waals surface area (Å²) in [5.74, 6) is 2.13. The standard InChI is InChI=1S/C16H19N3O/c1-2-8-18-15-10-17-11-16(19-15)20-14-7-6-12-4-3-5-13(12)9-14/h6-7,9-11H,2-5,8H2,1H3,(H,18,19). The van der Waals surface area contributed by atoms with Crippen molar-refractivity contribution < 1.29 is 4.74 Å². The number of nitrogens with one attached hydrogen (secondary N) is 1. The van der Waals surface area contributed by atoms with Gasteiger partial charge in [-0.05, 0) is 48.9 Å². The van der Waals surface area contributed by atoms with E-state index >= 15 is 0 Å². The van der Waals surface area contributed by atoms with E-state index in [1.807, 2.05) is 6.07 Å². The van der Waals surface area contributed by atoms with Crippen LogP contribution in [0.3, 0.4) is 0 Å². The molecule has 3 rings (SSSR count). The summed E-state index contributed by atoms with van der Waals surface area (Å²) >= 11 is 0. The fourth-order valence-corrected chi connectivity index (χ4v) is 2.47. The number of rotatable bonds is 5. The molecule has 0 amide bonds. The number of aryl methyl sites for hydroxylation is 2. The molecule has 0 radical (unpaired) electrons. The monoisotopic (exact) mass is 269 g/mol. The fourth-order valence-electron chi connectivity index (χ4n) is 2.47. The maximum atomic E-state index is 5.81. The molecule has 0 saturated carbocycles. The zero-order valence-corrected chi connectivity index (χ0v) is 11.7. The van der Waals surface area contributed by atoms with Crippen LogP contribution in [-0.4, -0.2) is 16.5 Å². The van der Waals surface area contributed by atoms with Crippen LogP contribution in [0.25, 0.3) is 0 Å². The van der Waals surface area contributed by atoms with E-state index in [1.165, 1.54) is 24.0 Å². The van der Waals surface area contributed by atoms with E-state index in [9.17, 15) is 0 Å². The second-order valence-corrected chi connectivity index (χ2v) is 5.06. The van der Waals surface area contributed by atoms with Crippen molar-refractivity contribution in [3.63, 3.8) is 0 Å². The number of hydrogen-bond donors (Lipinski definition) is 1. The van der Waals surface area contributed by atoms with Gasteiger partial charge in [-0.15, -0.1) is 0 Å². The fraction of sp³-hybridized carbons (Fsp3) is 0.375. The predicted molar refractivity (Wildman–Crippen MR) is 79.4 cm³/mol. The zero-order chi connectivity index (χ0) is 13.8. The lowest BCUT2D eigenvalue weighted by molar-refractivity contribution is 0.460. The molecule has 0 aliphatic heterocycles. The molecular weight excluding hydrogens is 250 g/mol. The van der Waals surface area contributed by atoms with Crippen LogP contribution >= 0.6 is 0 Å². The highest BCUT2D eigenvalue weighted by Crippen LogP contribution is 2.28. The third-order valence-electron chi connectivity index (χ3n) is 3.46. The Labute approximate surface area is 119 Å². The summed E-state index contributed by atoms with van der Waals surface area (Å²) in [6, 6.07) is 6.29. The van der Waals surface area contributed by atoms with Gasteiger partial charge in [0.1, 0.15) is 11.6 Å². The van der Waals surface area contributed by atoms with Crippen molar-refractivity contribution in [1.82, 2.24) is 9.97 Å². The smallest absolute Gasteiger partial charge is 0.239 e. The lowest BCUT2D eigenvalue weighted by atomic mass is 10.1. The Balaban J connectivity index is 1.74. The molecule has 1 aromatic heterocycles. The zero-order valence-electron chi connectivity index (χ0n) is 11.7. The lowest BCUT2D eigenvalue weighted by Crippen LogP contribution is -2.03. The van der Waals surface area contributed by atoms with Crippen molar-refractivity contribution >= 4 is 5.82 Å². The van der Waals surface area contributed by atoms with Gasteiger partial charge in [0.15, 0.2) is 0 Å². The van der Waals surface area contributed by atoms with Gasteiger partial charge < -0.3 is 10.1 Å². The summed E-state index contributed by atoms with van der Waals surface area (Å²) in [6.07, 6.45) is 7.99. The molecular formula is C16H19N3O. The Kier molecular flexibility index (Phi) is 3.81. The number of ether oxygens (including phenoxy) is 1. The predicted octanol–water partition coefficient (Wildman–Crippen LogP) is 3.58. The highest BCUT2D eigenvalue weighted by Gasteiger charge is 2.11. The first kappa shape index (κ1) is 12.9. The largest absolute Gasteiger partial charge is 0.437 e. The Morgan fingerprint density at radius 3 is 3.00 bits per heavy atom. The number of aromatic nitrogens is 2. The van der Waals surface area contributed by atoms with Crippen molar-refractivity contribution in [2.24, 2.45) is 0 Å². The third kappa shape index (κ3) is 2.90. The van der Waals surface area contributed by atoms with E-state index in [4.69, 9.17) is 4.74 Å². The number of anilines is 1. The highest BCUT2D eigenvalue weighted by atomic mass is 16.5. The SMILES string of the molecule is CCCNc1cncc(Oc2ccc3c(c2)CCC3)n1. The summed E-state index contributed by atoms with van der Waals surface area (Å²) in [5.41, 5.74) is 2.84. The van der Waals surface area contributed by atoms with Crippen LogP contribution in [0.2, 0.25) is 0 Å². The molecule has 1 heterocycles. The van der Waals surface area contributed by atoms with Crippen LogP contribution in [0.15, 0.2) is 30.6 Å². The number of hydrogen-bond acceptors (Lipinski definition) is 4. The summed E-state index contributed by atoms with van der Waals surface area (Å²) in [6.45, 7) is 3.00. The van der Waals surface area contributed by atoms with Gasteiger partial charge in [-0.1, -0.05) is 13.0 Å². The molecule has 0 unspecified atom stereocenters. The minimum atomic E-state index is 0.532. The van der Waals surface area contributed by atoms with Crippen molar-refractivity contribution in [1.29, 1.82) is 0 Å². The molecule has 4 heteroatoms. The van der Waals surface area contributed by atoms with Gasteiger partial charge in [0.2, 0.25) is 5.88 Å². The Hall–Kier alpha value is -2.10. The topological polar surface area (TPSA) is 47.0 Å². The van der Waals surface area contributed by atoms with E-state index in [2.05, 4.69) is 34.3 Å². The van der Waals surface area contributed by atoms with Gasteiger partial charge in [0.05, 0.1) is 12.4 Å². The minimum Gasteiger partial charge on any atom is -0.437 e. The van der Waals surface area contributed by atoms with Crippen molar-refractivity contribution in [3.8, 4) is 11.6 Å². The molecule has 1 aromatic carbocycles. The van der Waals surface area contributed by atoms with Crippen molar-refractivity contribution in [3.05, 3.63) is 41.7 Å². The quantitative estimate of drug-likeness (QED) is 0.901. The maximum Gasteiger partial charge on any atom is 0.239 e. The Morgan fingerprint density at radius 1 is 1.20 bits per heavy atom. The molecule has 0 atom stereocenters. The summed E-state index contributed by atoms with van der Waals surface area (Å²) in [7, 11) is 0. The van der Waals surface area contributed by atoms with Crippen molar-refractivity contribution in [2.75, 3.05) is 11.9 Å². The molecule has 2 aromatic rings. The average Bonchev–Trinajstić information content (AvgIpc) is 2.93. The number of benzene rings is 1. The summed E-state index contributed by atoms with van der Waals surface area (Å²) < 4.78 is 5.81. The van der Waals surface area contributed by atoms with Gasteiger partial charge in [0.25, 0.3) is 0 Å². The van der Waals surface area contributed by atoms with Crippen LogP contribution in [0, 0.1) is 0 Å². The molecule has 0 fully saturated rings. The van der Waals surface area contributed by atoms with Gasteiger partial charge in [-0.3, -0.25) is 4.98 Å². The Morgan fingerprint density at radius 2 is 2.10 bits per heavy atom. The average molecular weight is 269 g/mol. The maximum absolute atomic E-state index is 5.81. The van der Waals surface area contributed by atoms with Crippen LogP contribution in [-0.2, 0) is 12.8 Å². The van der Waals surface area contributed by atoms with E-state index < -0.39 is 0 Å². The number of fused-ring (bicyclic) bond motifs is 1. The second kappa shape index (κ2) is 5.90. The highest BCUT2D eigenvalue weighted by molar-refractivity contribution is 5.40. The van der Waals surface area contributed by atoms with Gasteiger partial charge in [0, 0.05) is 6.54 Å². The number of nitrogens with zero attached hydrogens (tertiary/aromatic N) is 2. The first-order valence-corrected chi connectivity index (χ1v) is 7.21. The van der Waals surface area contributed by atoms with Crippen LogP contribution in [0.4, 0.5) is 5.82 Å². The van der Waals surface area contributed by atoms with E-state index in [0.717, 1.165) is 31.0 Å². The van der Waals surface area contributed by atoms with E-state index in [0.29, 0.717) is 5.88 Å². The molecule has 20 heavy (non-hydrogen) atoms. The van der Waals surface area contributed by atoms with Crippen molar-refractivity contribution in [2.45, 2.75) is 32.6 Å². The molecule has 0 spiro atoms. The van der Waals surface area contributed by atoms with Gasteiger partial charge >= 0.3 is 0 Å². The summed E-state index contributed by atoms with van der Waals surface area (Å²) in [4.78, 5) is 8.56. The molecule has 0 bridgehead atoms. The van der Waals surface area contributed by atoms with Crippen LogP contribution in [0.1, 0.15) is 30.9 Å². The van der Waals surface area contributed by atoms with E-state index in [-0.39, 0.29) is 0 Å². The van der Waals surface area contributed by atoms with E-state index in [1.54, 1.807) is 12.4 Å². The molecule has 0 saturated heterocycles. The molecule has 104 valence electrons. The molecule has 1 aliphatic carbocycles. The lowest BCUT2D eigenvalue weighted by Gasteiger charge is -2.08. The normalized spacial score (nSPS) is 13.1. The summed E-state index contributed by atoms with van der Waals surface area (Å²) in [5, 5.41) is 3.21. The van der Waals surface area contributed by atoms with Gasteiger partial charge in [-0.2, -0.15) is 4.98 Å². The first-order valence-electron chi connectivity index (χ1n) is 7.21.